The van der Waals surface area contributed by atoms with E-state index in [9.17, 15) is 14.4 Å². The predicted molar refractivity (Wildman–Crippen MR) is 110 cm³/mol. The average Bonchev–Trinajstić information content (AvgIpc) is 2.68. The van der Waals surface area contributed by atoms with Crippen LogP contribution in [0.3, 0.4) is 0 Å². The molecule has 0 saturated heterocycles. The van der Waals surface area contributed by atoms with Crippen LogP contribution >= 0.6 is 0 Å². The Hall–Kier alpha value is -3.36. The molecule has 2 aromatic rings. The number of hydrogen-bond donors (Lipinski definition) is 1. The van der Waals surface area contributed by atoms with E-state index in [0.717, 1.165) is 5.56 Å². The Morgan fingerprint density at radius 1 is 1.17 bits per heavy atom. The highest BCUT2D eigenvalue weighted by molar-refractivity contribution is 5.89. The first-order chi connectivity index (χ1) is 14.2. The van der Waals surface area contributed by atoms with Gasteiger partial charge in [-0.3, -0.25) is 4.79 Å². The van der Waals surface area contributed by atoms with Gasteiger partial charge in [-0.1, -0.05) is 12.1 Å². The molecule has 0 aliphatic carbocycles. The maximum atomic E-state index is 12.1. The molecule has 30 heavy (non-hydrogen) atoms. The summed E-state index contributed by atoms with van der Waals surface area (Å²) in [4.78, 5) is 35.3. The van der Waals surface area contributed by atoms with Gasteiger partial charge in [0.05, 0.1) is 25.8 Å². The Morgan fingerprint density at radius 2 is 1.93 bits per heavy atom. The minimum atomic E-state index is -0.547. The molecule has 1 amide bonds. The van der Waals surface area contributed by atoms with Crippen molar-refractivity contribution in [2.45, 2.75) is 39.3 Å². The van der Waals surface area contributed by atoms with Gasteiger partial charge in [-0.25, -0.2) is 14.3 Å². The summed E-state index contributed by atoms with van der Waals surface area (Å²) in [5.74, 6) is -0.162. The Bertz CT molecular complexity index is 933. The summed E-state index contributed by atoms with van der Waals surface area (Å²) in [6.45, 7) is 6.25. The van der Waals surface area contributed by atoms with Crippen LogP contribution in [-0.4, -0.2) is 47.7 Å². The quantitative estimate of drug-likeness (QED) is 0.519. The Kier molecular flexibility index (Phi) is 7.97. The number of amides is 1. The second kappa shape index (κ2) is 10.4. The molecular formula is C21H27N3O6. The Labute approximate surface area is 174 Å². The first-order valence-electron chi connectivity index (χ1n) is 9.53. The molecule has 162 valence electrons. The number of alkyl carbamates (subject to hydrolysis) is 1. The SMILES string of the molecule is COC(=O)c1cccc(Cn2nc(OCCCNC(=O)OC(C)(C)C)ccc2=O)c1. The fourth-order valence-electron chi connectivity index (χ4n) is 2.46. The first-order valence-corrected chi connectivity index (χ1v) is 9.53. The second-order valence-corrected chi connectivity index (χ2v) is 7.49. The number of hydrogen-bond acceptors (Lipinski definition) is 7. The summed E-state index contributed by atoms with van der Waals surface area (Å²) in [5.41, 5.74) is 0.283. The summed E-state index contributed by atoms with van der Waals surface area (Å²) < 4.78 is 16.7. The van der Waals surface area contributed by atoms with Crippen LogP contribution in [0.15, 0.2) is 41.2 Å². The molecule has 0 aliphatic rings. The van der Waals surface area contributed by atoms with Crippen molar-refractivity contribution in [2.75, 3.05) is 20.3 Å². The summed E-state index contributed by atoms with van der Waals surface area (Å²) in [6.07, 6.45) is 0.0599. The van der Waals surface area contributed by atoms with Gasteiger partial charge in [0, 0.05) is 18.7 Å². The van der Waals surface area contributed by atoms with E-state index in [0.29, 0.717) is 25.1 Å². The zero-order valence-corrected chi connectivity index (χ0v) is 17.6. The molecule has 0 fully saturated rings. The zero-order chi connectivity index (χ0) is 22.1. The van der Waals surface area contributed by atoms with Crippen LogP contribution in [0.1, 0.15) is 43.1 Å². The van der Waals surface area contributed by atoms with Crippen LogP contribution in [0.2, 0.25) is 0 Å². The zero-order valence-electron chi connectivity index (χ0n) is 17.6. The molecule has 0 saturated carbocycles. The molecule has 0 atom stereocenters. The molecule has 2 rings (SSSR count). The number of carbonyl (C=O) groups is 2. The molecule has 1 aromatic heterocycles. The van der Waals surface area contributed by atoms with E-state index in [-0.39, 0.29) is 18.0 Å². The van der Waals surface area contributed by atoms with Crippen molar-refractivity contribution < 1.29 is 23.8 Å². The van der Waals surface area contributed by atoms with E-state index in [1.807, 2.05) is 0 Å². The number of carbonyl (C=O) groups excluding carboxylic acids is 2. The van der Waals surface area contributed by atoms with Gasteiger partial charge in [-0.05, 0) is 44.9 Å². The lowest BCUT2D eigenvalue weighted by Crippen LogP contribution is -2.33. The van der Waals surface area contributed by atoms with Gasteiger partial charge < -0.3 is 19.5 Å². The molecule has 0 radical (unpaired) electrons. The Balaban J connectivity index is 1.89. The third-order valence-electron chi connectivity index (χ3n) is 3.76. The molecule has 0 unspecified atom stereocenters. The third-order valence-corrected chi connectivity index (χ3v) is 3.76. The van der Waals surface area contributed by atoms with Crippen molar-refractivity contribution in [3.8, 4) is 5.88 Å². The van der Waals surface area contributed by atoms with Gasteiger partial charge in [-0.15, -0.1) is 5.10 Å². The van der Waals surface area contributed by atoms with Gasteiger partial charge >= 0.3 is 12.1 Å². The number of aromatic nitrogens is 2. The van der Waals surface area contributed by atoms with Gasteiger partial charge in [0.1, 0.15) is 5.60 Å². The number of rotatable bonds is 8. The normalized spacial score (nSPS) is 10.9. The molecule has 0 bridgehead atoms. The van der Waals surface area contributed by atoms with Gasteiger partial charge in [0.25, 0.3) is 5.56 Å². The summed E-state index contributed by atoms with van der Waals surface area (Å²) in [5, 5.41) is 6.84. The van der Waals surface area contributed by atoms with Gasteiger partial charge in [-0.2, -0.15) is 0 Å². The average molecular weight is 417 g/mol. The molecule has 9 nitrogen and oxygen atoms in total. The third kappa shape index (κ3) is 7.57. The van der Waals surface area contributed by atoms with E-state index < -0.39 is 17.7 Å². The fourth-order valence-corrected chi connectivity index (χ4v) is 2.46. The largest absolute Gasteiger partial charge is 0.477 e. The monoisotopic (exact) mass is 417 g/mol. The van der Waals surface area contributed by atoms with Crippen molar-refractivity contribution in [3.05, 3.63) is 57.9 Å². The van der Waals surface area contributed by atoms with Crippen LogP contribution in [0, 0.1) is 0 Å². The molecule has 0 spiro atoms. The highest BCUT2D eigenvalue weighted by Crippen LogP contribution is 2.09. The molecule has 1 heterocycles. The molecule has 0 aliphatic heterocycles. The van der Waals surface area contributed by atoms with Crippen molar-refractivity contribution in [2.24, 2.45) is 0 Å². The maximum absolute atomic E-state index is 12.1. The minimum absolute atomic E-state index is 0.182. The van der Waals surface area contributed by atoms with Crippen LogP contribution in [-0.2, 0) is 16.0 Å². The van der Waals surface area contributed by atoms with Crippen molar-refractivity contribution in [1.82, 2.24) is 15.1 Å². The van der Waals surface area contributed by atoms with E-state index >= 15 is 0 Å². The lowest BCUT2D eigenvalue weighted by atomic mass is 10.1. The van der Waals surface area contributed by atoms with E-state index in [2.05, 4.69) is 10.4 Å². The van der Waals surface area contributed by atoms with E-state index in [1.54, 1.807) is 45.0 Å². The number of esters is 1. The van der Waals surface area contributed by atoms with Gasteiger partial charge in [0.2, 0.25) is 5.88 Å². The summed E-state index contributed by atoms with van der Waals surface area (Å²) >= 11 is 0. The summed E-state index contributed by atoms with van der Waals surface area (Å²) in [6, 6.07) is 9.64. The summed E-state index contributed by atoms with van der Waals surface area (Å²) in [7, 11) is 1.31. The standard InChI is InChI=1S/C21H27N3O6/c1-21(2,3)30-20(27)22-11-6-12-29-17-9-10-18(25)24(23-17)14-15-7-5-8-16(13-15)19(26)28-4/h5,7-10,13H,6,11-12,14H2,1-4H3,(H,22,27). The van der Waals surface area contributed by atoms with E-state index in [1.165, 1.54) is 23.9 Å². The minimum Gasteiger partial charge on any atom is -0.477 e. The number of ether oxygens (including phenoxy) is 3. The fraction of sp³-hybridized carbons (Fsp3) is 0.429. The lowest BCUT2D eigenvalue weighted by molar-refractivity contribution is 0.0524. The molecular weight excluding hydrogens is 390 g/mol. The van der Waals surface area contributed by atoms with Crippen molar-refractivity contribution >= 4 is 12.1 Å². The van der Waals surface area contributed by atoms with Crippen LogP contribution in [0.25, 0.3) is 0 Å². The van der Waals surface area contributed by atoms with Crippen LogP contribution < -0.4 is 15.6 Å². The highest BCUT2D eigenvalue weighted by Gasteiger charge is 2.15. The number of nitrogens with zero attached hydrogens (tertiary/aromatic N) is 2. The van der Waals surface area contributed by atoms with Crippen LogP contribution in [0.4, 0.5) is 4.79 Å². The van der Waals surface area contributed by atoms with E-state index in [4.69, 9.17) is 14.2 Å². The molecule has 9 heteroatoms. The highest BCUT2D eigenvalue weighted by atomic mass is 16.6. The maximum Gasteiger partial charge on any atom is 0.407 e. The van der Waals surface area contributed by atoms with Crippen molar-refractivity contribution in [1.29, 1.82) is 0 Å². The number of methoxy groups -OCH3 is 1. The Morgan fingerprint density at radius 3 is 2.63 bits per heavy atom. The number of nitrogens with one attached hydrogen (secondary N) is 1. The van der Waals surface area contributed by atoms with Crippen molar-refractivity contribution in [3.63, 3.8) is 0 Å². The van der Waals surface area contributed by atoms with Crippen LogP contribution in [0.5, 0.6) is 5.88 Å². The smallest absolute Gasteiger partial charge is 0.407 e. The molecule has 1 N–H and O–H groups in total. The predicted octanol–water partition coefficient (Wildman–Crippen LogP) is 2.37. The second-order valence-electron chi connectivity index (χ2n) is 7.49. The first kappa shape index (κ1) is 22.9. The molecule has 1 aromatic carbocycles. The topological polar surface area (TPSA) is 109 Å². The van der Waals surface area contributed by atoms with Gasteiger partial charge in [0.15, 0.2) is 0 Å². The number of benzene rings is 1. The lowest BCUT2D eigenvalue weighted by Gasteiger charge is -2.19.